The van der Waals surface area contributed by atoms with E-state index in [2.05, 4.69) is 17.6 Å². The lowest BCUT2D eigenvalue weighted by atomic mass is 9.81. The largest absolute Gasteiger partial charge is 0.354 e. The van der Waals surface area contributed by atoms with E-state index in [1.54, 1.807) is 0 Å². The standard InChI is InChI=1S/C15H28N2O/c1-2-12-6-8-13(9-7-12)11-17-15(18)14-5-3-4-10-16-14/h12-14,16H,2-11H2,1H3,(H,17,18). The molecule has 2 aliphatic rings. The highest BCUT2D eigenvalue weighted by atomic mass is 16.2. The fraction of sp³-hybridized carbons (Fsp3) is 0.933. The lowest BCUT2D eigenvalue weighted by Crippen LogP contribution is -2.47. The summed E-state index contributed by atoms with van der Waals surface area (Å²) in [6.07, 6.45) is 10.1. The van der Waals surface area contributed by atoms with E-state index < -0.39 is 0 Å². The highest BCUT2D eigenvalue weighted by Gasteiger charge is 2.23. The normalized spacial score (nSPS) is 33.1. The molecule has 2 N–H and O–H groups in total. The molecule has 0 spiro atoms. The van der Waals surface area contributed by atoms with Crippen LogP contribution in [0.5, 0.6) is 0 Å². The topological polar surface area (TPSA) is 41.1 Å². The summed E-state index contributed by atoms with van der Waals surface area (Å²) >= 11 is 0. The fourth-order valence-electron chi connectivity index (χ4n) is 3.29. The van der Waals surface area contributed by atoms with Crippen molar-refractivity contribution in [3.63, 3.8) is 0 Å². The monoisotopic (exact) mass is 252 g/mol. The maximum Gasteiger partial charge on any atom is 0.237 e. The number of rotatable bonds is 4. The van der Waals surface area contributed by atoms with Crippen LogP contribution in [0.2, 0.25) is 0 Å². The first-order valence-corrected chi connectivity index (χ1v) is 7.80. The second-order valence-corrected chi connectivity index (χ2v) is 6.04. The molecule has 2 rings (SSSR count). The van der Waals surface area contributed by atoms with Crippen molar-refractivity contribution in [2.45, 2.75) is 64.3 Å². The van der Waals surface area contributed by atoms with E-state index in [1.807, 2.05) is 0 Å². The minimum absolute atomic E-state index is 0.0748. The number of piperidine rings is 1. The first-order valence-electron chi connectivity index (χ1n) is 7.80. The van der Waals surface area contributed by atoms with Crippen molar-refractivity contribution in [1.82, 2.24) is 10.6 Å². The van der Waals surface area contributed by atoms with E-state index in [-0.39, 0.29) is 11.9 Å². The molecule has 0 aromatic heterocycles. The summed E-state index contributed by atoms with van der Waals surface area (Å²) < 4.78 is 0. The fourth-order valence-corrected chi connectivity index (χ4v) is 3.29. The molecule has 1 heterocycles. The van der Waals surface area contributed by atoms with Gasteiger partial charge >= 0.3 is 0 Å². The summed E-state index contributed by atoms with van der Waals surface area (Å²) in [6, 6.07) is 0.0748. The zero-order valence-electron chi connectivity index (χ0n) is 11.7. The first-order chi connectivity index (χ1) is 8.79. The third-order valence-electron chi connectivity index (χ3n) is 4.74. The number of hydrogen-bond acceptors (Lipinski definition) is 2. The van der Waals surface area contributed by atoms with Gasteiger partial charge in [0.1, 0.15) is 0 Å². The van der Waals surface area contributed by atoms with Crippen LogP contribution in [-0.2, 0) is 4.79 Å². The molecule has 18 heavy (non-hydrogen) atoms. The molecule has 0 aromatic carbocycles. The predicted octanol–water partition coefficient (Wildman–Crippen LogP) is 2.46. The summed E-state index contributed by atoms with van der Waals surface area (Å²) in [4.78, 5) is 12.0. The van der Waals surface area contributed by atoms with Gasteiger partial charge in [-0.15, -0.1) is 0 Å². The Labute approximate surface area is 111 Å². The van der Waals surface area contributed by atoms with Crippen LogP contribution >= 0.6 is 0 Å². The van der Waals surface area contributed by atoms with Crippen LogP contribution in [-0.4, -0.2) is 25.0 Å². The molecule has 2 fully saturated rings. The molecule has 0 radical (unpaired) electrons. The molecule has 104 valence electrons. The van der Waals surface area contributed by atoms with Crippen LogP contribution in [0.3, 0.4) is 0 Å². The lowest BCUT2D eigenvalue weighted by Gasteiger charge is -2.29. The van der Waals surface area contributed by atoms with Gasteiger partial charge in [-0.1, -0.05) is 32.6 Å². The van der Waals surface area contributed by atoms with Crippen molar-refractivity contribution in [1.29, 1.82) is 0 Å². The average Bonchev–Trinajstić information content (AvgIpc) is 2.46. The van der Waals surface area contributed by atoms with Gasteiger partial charge in [0.2, 0.25) is 5.91 Å². The van der Waals surface area contributed by atoms with Gasteiger partial charge in [-0.2, -0.15) is 0 Å². The summed E-state index contributed by atoms with van der Waals surface area (Å²) in [5, 5.41) is 6.46. The summed E-state index contributed by atoms with van der Waals surface area (Å²) in [5.74, 6) is 1.89. The highest BCUT2D eigenvalue weighted by Crippen LogP contribution is 2.30. The molecular weight excluding hydrogens is 224 g/mol. The van der Waals surface area contributed by atoms with Crippen LogP contribution in [0.15, 0.2) is 0 Å². The number of nitrogens with one attached hydrogen (secondary N) is 2. The highest BCUT2D eigenvalue weighted by molar-refractivity contribution is 5.81. The quantitative estimate of drug-likeness (QED) is 0.807. The molecule has 0 aromatic rings. The number of amides is 1. The van der Waals surface area contributed by atoms with Gasteiger partial charge in [-0.05, 0) is 44.1 Å². The summed E-state index contributed by atoms with van der Waals surface area (Å²) in [6.45, 7) is 4.19. The van der Waals surface area contributed by atoms with Crippen molar-refractivity contribution in [2.24, 2.45) is 11.8 Å². The molecule has 3 heteroatoms. The van der Waals surface area contributed by atoms with Crippen LogP contribution in [0.25, 0.3) is 0 Å². The Morgan fingerprint density at radius 2 is 1.83 bits per heavy atom. The van der Waals surface area contributed by atoms with E-state index in [4.69, 9.17) is 0 Å². The predicted molar refractivity (Wildman–Crippen MR) is 74.4 cm³/mol. The van der Waals surface area contributed by atoms with Gasteiger partial charge in [-0.25, -0.2) is 0 Å². The Kier molecular flexibility index (Phi) is 5.48. The Balaban J connectivity index is 1.63. The number of carbonyl (C=O) groups is 1. The molecule has 1 unspecified atom stereocenters. The van der Waals surface area contributed by atoms with E-state index >= 15 is 0 Å². The van der Waals surface area contributed by atoms with Gasteiger partial charge in [0.25, 0.3) is 0 Å². The number of hydrogen-bond donors (Lipinski definition) is 2. The molecule has 1 aliphatic carbocycles. The van der Waals surface area contributed by atoms with Crippen molar-refractivity contribution in [3.05, 3.63) is 0 Å². The SMILES string of the molecule is CCC1CCC(CNC(=O)C2CCCCN2)CC1. The Bertz CT molecular complexity index is 253. The molecular formula is C15H28N2O. The van der Waals surface area contributed by atoms with E-state index in [0.717, 1.165) is 31.3 Å². The molecule has 1 atom stereocenters. The molecule has 3 nitrogen and oxygen atoms in total. The molecule has 1 saturated heterocycles. The molecule has 0 bridgehead atoms. The van der Waals surface area contributed by atoms with Gasteiger partial charge in [-0.3, -0.25) is 4.79 Å². The first kappa shape index (κ1) is 13.9. The second-order valence-electron chi connectivity index (χ2n) is 6.04. The number of carbonyl (C=O) groups excluding carboxylic acids is 1. The van der Waals surface area contributed by atoms with Crippen LogP contribution < -0.4 is 10.6 Å². The van der Waals surface area contributed by atoms with Gasteiger partial charge in [0, 0.05) is 6.54 Å². The Hall–Kier alpha value is -0.570. The lowest BCUT2D eigenvalue weighted by molar-refractivity contribution is -0.123. The molecule has 1 aliphatic heterocycles. The van der Waals surface area contributed by atoms with Crippen molar-refractivity contribution >= 4 is 5.91 Å². The van der Waals surface area contributed by atoms with Crippen LogP contribution in [0, 0.1) is 11.8 Å². The second kappa shape index (κ2) is 7.13. The Morgan fingerprint density at radius 3 is 2.44 bits per heavy atom. The minimum atomic E-state index is 0.0748. The van der Waals surface area contributed by atoms with E-state index in [9.17, 15) is 4.79 Å². The van der Waals surface area contributed by atoms with Crippen molar-refractivity contribution in [3.8, 4) is 0 Å². The van der Waals surface area contributed by atoms with Crippen molar-refractivity contribution < 1.29 is 4.79 Å². The third-order valence-corrected chi connectivity index (χ3v) is 4.74. The van der Waals surface area contributed by atoms with Crippen molar-refractivity contribution in [2.75, 3.05) is 13.1 Å². The zero-order valence-corrected chi connectivity index (χ0v) is 11.7. The smallest absolute Gasteiger partial charge is 0.237 e. The maximum absolute atomic E-state index is 12.0. The summed E-state index contributed by atoms with van der Waals surface area (Å²) in [7, 11) is 0. The van der Waals surface area contributed by atoms with E-state index in [1.165, 1.54) is 44.9 Å². The Morgan fingerprint density at radius 1 is 1.11 bits per heavy atom. The maximum atomic E-state index is 12.0. The van der Waals surface area contributed by atoms with Gasteiger partial charge < -0.3 is 10.6 Å². The zero-order chi connectivity index (χ0) is 12.8. The minimum Gasteiger partial charge on any atom is -0.354 e. The van der Waals surface area contributed by atoms with Crippen LogP contribution in [0.1, 0.15) is 58.3 Å². The molecule has 1 saturated carbocycles. The van der Waals surface area contributed by atoms with Crippen LogP contribution in [0.4, 0.5) is 0 Å². The summed E-state index contributed by atoms with van der Waals surface area (Å²) in [5.41, 5.74) is 0. The van der Waals surface area contributed by atoms with E-state index in [0.29, 0.717) is 0 Å². The average molecular weight is 252 g/mol. The van der Waals surface area contributed by atoms with Gasteiger partial charge in [0.15, 0.2) is 0 Å². The van der Waals surface area contributed by atoms with Gasteiger partial charge in [0.05, 0.1) is 6.04 Å². The third kappa shape index (κ3) is 3.98. The molecule has 1 amide bonds.